The maximum Gasteiger partial charge on any atom is 0.347 e. The van der Waals surface area contributed by atoms with E-state index in [0.29, 0.717) is 16.5 Å². The van der Waals surface area contributed by atoms with Gasteiger partial charge in [0, 0.05) is 15.2 Å². The van der Waals surface area contributed by atoms with Crippen LogP contribution in [0.4, 0.5) is 5.69 Å². The lowest BCUT2D eigenvalue weighted by Crippen LogP contribution is -2.30. The molecular formula is C18H16BrCl2NO4. The summed E-state index contributed by atoms with van der Waals surface area (Å²) in [4.78, 5) is 23.9. The summed E-state index contributed by atoms with van der Waals surface area (Å²) in [5.41, 5.74) is 1.53. The van der Waals surface area contributed by atoms with Crippen LogP contribution in [0.3, 0.4) is 0 Å². The second-order valence-corrected chi connectivity index (χ2v) is 7.21. The molecule has 2 aromatic carbocycles. The molecule has 0 saturated heterocycles. The third-order valence-electron chi connectivity index (χ3n) is 3.34. The van der Waals surface area contributed by atoms with Crippen molar-refractivity contribution in [2.75, 3.05) is 11.9 Å². The average molecular weight is 461 g/mol. The summed E-state index contributed by atoms with van der Waals surface area (Å²) in [6.45, 7) is 2.94. The standard InChI is InChI=1S/C18H16BrCl2NO4/c1-10-7-12(19)3-5-15(10)22-17(23)9-25-18(24)11(2)26-16-6-4-13(20)8-14(16)21/h3-8,11H,9H2,1-2H3,(H,22,23)/t11-/m0/s1. The molecule has 0 spiro atoms. The first-order chi connectivity index (χ1) is 12.3. The smallest absolute Gasteiger partial charge is 0.347 e. The number of hydrogen-bond acceptors (Lipinski definition) is 4. The summed E-state index contributed by atoms with van der Waals surface area (Å²) in [7, 11) is 0. The topological polar surface area (TPSA) is 64.6 Å². The van der Waals surface area contributed by atoms with Gasteiger partial charge in [-0.25, -0.2) is 4.79 Å². The monoisotopic (exact) mass is 459 g/mol. The Bertz CT molecular complexity index is 829. The molecule has 0 saturated carbocycles. The number of esters is 1. The van der Waals surface area contributed by atoms with E-state index in [-0.39, 0.29) is 5.02 Å². The van der Waals surface area contributed by atoms with Crippen LogP contribution < -0.4 is 10.1 Å². The Balaban J connectivity index is 1.85. The molecule has 0 heterocycles. The third kappa shape index (κ3) is 5.90. The minimum Gasteiger partial charge on any atom is -0.477 e. The SMILES string of the molecule is Cc1cc(Br)ccc1NC(=O)COC(=O)[C@H](C)Oc1ccc(Cl)cc1Cl. The first kappa shape index (κ1) is 20.6. The summed E-state index contributed by atoms with van der Waals surface area (Å²) >= 11 is 15.2. The molecule has 0 radical (unpaired) electrons. The van der Waals surface area contributed by atoms with Gasteiger partial charge < -0.3 is 14.8 Å². The van der Waals surface area contributed by atoms with Crippen molar-refractivity contribution in [2.45, 2.75) is 20.0 Å². The summed E-state index contributed by atoms with van der Waals surface area (Å²) in [5, 5.41) is 3.42. The molecule has 0 fully saturated rings. The molecule has 0 aliphatic heterocycles. The van der Waals surface area contributed by atoms with Gasteiger partial charge in [-0.05, 0) is 55.8 Å². The quantitative estimate of drug-likeness (QED) is 0.615. The molecule has 0 aromatic heterocycles. The van der Waals surface area contributed by atoms with Gasteiger partial charge in [0.05, 0.1) is 5.02 Å². The number of nitrogens with one attached hydrogen (secondary N) is 1. The van der Waals surface area contributed by atoms with Gasteiger partial charge in [-0.2, -0.15) is 0 Å². The van der Waals surface area contributed by atoms with Gasteiger partial charge in [0.15, 0.2) is 12.7 Å². The Kier molecular flexibility index (Phi) is 7.32. The van der Waals surface area contributed by atoms with Gasteiger partial charge in [0.2, 0.25) is 0 Å². The normalized spacial score (nSPS) is 11.6. The van der Waals surface area contributed by atoms with Gasteiger partial charge in [-0.3, -0.25) is 4.79 Å². The van der Waals surface area contributed by atoms with E-state index in [1.807, 2.05) is 13.0 Å². The molecule has 0 bridgehead atoms. The van der Waals surface area contributed by atoms with Crippen LogP contribution >= 0.6 is 39.1 Å². The number of anilines is 1. The van der Waals surface area contributed by atoms with E-state index >= 15 is 0 Å². The second-order valence-electron chi connectivity index (χ2n) is 5.45. The highest BCUT2D eigenvalue weighted by atomic mass is 79.9. The fourth-order valence-corrected chi connectivity index (χ4v) is 2.95. The lowest BCUT2D eigenvalue weighted by molar-refractivity contribution is -0.153. The van der Waals surface area contributed by atoms with E-state index in [1.165, 1.54) is 13.0 Å². The number of amides is 1. The molecule has 1 amide bonds. The minimum absolute atomic E-state index is 0.278. The van der Waals surface area contributed by atoms with E-state index in [9.17, 15) is 9.59 Å². The van der Waals surface area contributed by atoms with Crippen molar-refractivity contribution in [3.63, 3.8) is 0 Å². The van der Waals surface area contributed by atoms with Crippen LogP contribution in [0, 0.1) is 6.92 Å². The van der Waals surface area contributed by atoms with Gasteiger partial charge in [0.25, 0.3) is 5.91 Å². The first-order valence-electron chi connectivity index (χ1n) is 7.60. The van der Waals surface area contributed by atoms with Crippen molar-refractivity contribution < 1.29 is 19.1 Å². The number of carbonyl (C=O) groups is 2. The first-order valence-corrected chi connectivity index (χ1v) is 9.15. The third-order valence-corrected chi connectivity index (χ3v) is 4.36. The molecule has 0 aliphatic rings. The Morgan fingerprint density at radius 3 is 2.58 bits per heavy atom. The molecule has 2 rings (SSSR count). The summed E-state index contributed by atoms with van der Waals surface area (Å²) in [6, 6.07) is 10.1. The number of halogens is 3. The van der Waals surface area contributed by atoms with Crippen molar-refractivity contribution in [1.82, 2.24) is 0 Å². The van der Waals surface area contributed by atoms with Crippen molar-refractivity contribution in [2.24, 2.45) is 0 Å². The predicted octanol–water partition coefficient (Wildman–Crippen LogP) is 5.01. The molecule has 8 heteroatoms. The van der Waals surface area contributed by atoms with Crippen LogP contribution in [0.25, 0.3) is 0 Å². The Morgan fingerprint density at radius 2 is 1.92 bits per heavy atom. The molecule has 1 N–H and O–H groups in total. The highest BCUT2D eigenvalue weighted by Crippen LogP contribution is 2.28. The second kappa shape index (κ2) is 9.26. The maximum absolute atomic E-state index is 12.0. The zero-order valence-corrected chi connectivity index (χ0v) is 17.1. The van der Waals surface area contributed by atoms with Crippen molar-refractivity contribution in [3.05, 3.63) is 56.5 Å². The zero-order valence-electron chi connectivity index (χ0n) is 14.0. The molecule has 138 valence electrons. The van der Waals surface area contributed by atoms with Crippen LogP contribution in [-0.4, -0.2) is 24.6 Å². The molecule has 0 aliphatic carbocycles. The maximum atomic E-state index is 12.0. The van der Waals surface area contributed by atoms with Gasteiger partial charge in [-0.15, -0.1) is 0 Å². The van der Waals surface area contributed by atoms with Gasteiger partial charge in [0.1, 0.15) is 5.75 Å². The average Bonchev–Trinajstić information content (AvgIpc) is 2.57. The summed E-state index contributed by atoms with van der Waals surface area (Å²) in [6.07, 6.45) is -0.934. The number of hydrogen-bond donors (Lipinski definition) is 1. The van der Waals surface area contributed by atoms with Crippen molar-refractivity contribution in [3.8, 4) is 5.75 Å². The Morgan fingerprint density at radius 1 is 1.19 bits per heavy atom. The van der Waals surface area contributed by atoms with Crippen LogP contribution in [0.1, 0.15) is 12.5 Å². The summed E-state index contributed by atoms with van der Waals surface area (Å²) < 4.78 is 11.3. The molecule has 0 unspecified atom stereocenters. The molecule has 1 atom stereocenters. The fraction of sp³-hybridized carbons (Fsp3) is 0.222. The number of rotatable bonds is 6. The predicted molar refractivity (Wildman–Crippen MR) is 105 cm³/mol. The number of carbonyl (C=O) groups excluding carboxylic acids is 2. The lowest BCUT2D eigenvalue weighted by atomic mass is 10.2. The zero-order chi connectivity index (χ0) is 19.3. The highest BCUT2D eigenvalue weighted by Gasteiger charge is 2.19. The number of ether oxygens (including phenoxy) is 2. The minimum atomic E-state index is -0.934. The molecule has 26 heavy (non-hydrogen) atoms. The van der Waals surface area contributed by atoms with Crippen LogP contribution in [0.2, 0.25) is 10.0 Å². The molecule has 2 aromatic rings. The van der Waals surface area contributed by atoms with Crippen molar-refractivity contribution in [1.29, 1.82) is 0 Å². The number of aryl methyl sites for hydroxylation is 1. The Hall–Kier alpha value is -1.76. The van der Waals surface area contributed by atoms with E-state index in [4.69, 9.17) is 32.7 Å². The lowest BCUT2D eigenvalue weighted by Gasteiger charge is -2.15. The van der Waals surface area contributed by atoms with E-state index < -0.39 is 24.6 Å². The number of benzene rings is 2. The van der Waals surface area contributed by atoms with Gasteiger partial charge in [-0.1, -0.05) is 39.1 Å². The van der Waals surface area contributed by atoms with Crippen LogP contribution in [-0.2, 0) is 14.3 Å². The van der Waals surface area contributed by atoms with E-state index in [0.717, 1.165) is 10.0 Å². The van der Waals surface area contributed by atoms with Crippen LogP contribution in [0.5, 0.6) is 5.75 Å². The largest absolute Gasteiger partial charge is 0.477 e. The molecular weight excluding hydrogens is 445 g/mol. The van der Waals surface area contributed by atoms with E-state index in [1.54, 1.807) is 24.3 Å². The van der Waals surface area contributed by atoms with Crippen molar-refractivity contribution >= 4 is 56.7 Å². The summed E-state index contributed by atoms with van der Waals surface area (Å²) in [5.74, 6) is -0.824. The van der Waals surface area contributed by atoms with E-state index in [2.05, 4.69) is 21.2 Å². The molecule has 5 nitrogen and oxygen atoms in total. The highest BCUT2D eigenvalue weighted by molar-refractivity contribution is 9.10. The van der Waals surface area contributed by atoms with Crippen LogP contribution in [0.15, 0.2) is 40.9 Å². The Labute approximate surface area is 169 Å². The van der Waals surface area contributed by atoms with Gasteiger partial charge >= 0.3 is 5.97 Å². The fourth-order valence-electron chi connectivity index (χ4n) is 2.02.